The summed E-state index contributed by atoms with van der Waals surface area (Å²) in [6.07, 6.45) is 2.07. The van der Waals surface area contributed by atoms with Crippen LogP contribution in [0.25, 0.3) is 13.2 Å². The standard InChI is InChI=1S/C16H14/c1-11-7-15-9-13-5-3-4-6-14(13)10-16(15)8-12(11)2/h3-8H,1-2,9-10H2. The summed E-state index contributed by atoms with van der Waals surface area (Å²) in [4.78, 5) is 0. The maximum Gasteiger partial charge on any atom is -0.00199 e. The van der Waals surface area contributed by atoms with Crippen molar-refractivity contribution >= 4 is 13.2 Å². The molecular formula is C16H14. The Balaban J connectivity index is 2.19. The van der Waals surface area contributed by atoms with Gasteiger partial charge in [-0.15, -0.1) is 0 Å². The Hall–Kier alpha value is -1.82. The summed E-state index contributed by atoms with van der Waals surface area (Å²) >= 11 is 0. The van der Waals surface area contributed by atoms with Crippen molar-refractivity contribution in [1.82, 2.24) is 0 Å². The molecule has 0 nitrogen and oxygen atoms in total. The van der Waals surface area contributed by atoms with Crippen LogP contribution in [0.4, 0.5) is 0 Å². The largest absolute Gasteiger partial charge is 0.0912 e. The SMILES string of the molecule is C=c1cc2c(cc1=C)Cc1ccccc1C2. The molecule has 1 aliphatic carbocycles. The second-order valence-electron chi connectivity index (χ2n) is 4.51. The zero-order chi connectivity index (χ0) is 11.1. The average molecular weight is 206 g/mol. The van der Waals surface area contributed by atoms with E-state index in [2.05, 4.69) is 49.6 Å². The molecule has 3 rings (SSSR count). The fraction of sp³-hybridized carbons (Fsp3) is 0.125. The molecule has 0 atom stereocenters. The smallest absolute Gasteiger partial charge is 0.00199 e. The van der Waals surface area contributed by atoms with E-state index in [0.717, 1.165) is 23.3 Å². The van der Waals surface area contributed by atoms with Gasteiger partial charge in [0.2, 0.25) is 0 Å². The summed E-state index contributed by atoms with van der Waals surface area (Å²) in [6.45, 7) is 8.04. The van der Waals surface area contributed by atoms with Crippen molar-refractivity contribution in [2.45, 2.75) is 12.8 Å². The zero-order valence-corrected chi connectivity index (χ0v) is 9.29. The van der Waals surface area contributed by atoms with E-state index in [0.29, 0.717) is 0 Å². The lowest BCUT2D eigenvalue weighted by Gasteiger charge is -2.19. The Labute approximate surface area is 95.6 Å². The third kappa shape index (κ3) is 1.38. The topological polar surface area (TPSA) is 0 Å². The zero-order valence-electron chi connectivity index (χ0n) is 9.29. The molecule has 0 bridgehead atoms. The highest BCUT2D eigenvalue weighted by Crippen LogP contribution is 2.24. The van der Waals surface area contributed by atoms with Gasteiger partial charge in [0, 0.05) is 0 Å². The number of hydrogen-bond acceptors (Lipinski definition) is 0. The second kappa shape index (κ2) is 3.34. The van der Waals surface area contributed by atoms with Crippen LogP contribution in [0, 0.1) is 0 Å². The Kier molecular flexibility index (Phi) is 1.97. The highest BCUT2D eigenvalue weighted by Gasteiger charge is 2.13. The molecule has 1 aliphatic rings. The fourth-order valence-electron chi connectivity index (χ4n) is 2.43. The summed E-state index contributed by atoms with van der Waals surface area (Å²) < 4.78 is 0. The molecule has 0 N–H and O–H groups in total. The lowest BCUT2D eigenvalue weighted by atomic mass is 9.85. The molecular weight excluding hydrogens is 192 g/mol. The normalized spacial score (nSPS) is 13.0. The van der Waals surface area contributed by atoms with Crippen molar-refractivity contribution in [2.75, 3.05) is 0 Å². The molecule has 0 radical (unpaired) electrons. The Bertz CT molecular complexity index is 592. The van der Waals surface area contributed by atoms with E-state index in [1.54, 1.807) is 0 Å². The van der Waals surface area contributed by atoms with Crippen molar-refractivity contribution in [3.05, 3.63) is 69.1 Å². The number of benzene rings is 2. The van der Waals surface area contributed by atoms with E-state index in [4.69, 9.17) is 0 Å². The molecule has 0 heterocycles. The van der Waals surface area contributed by atoms with Crippen LogP contribution in [0.1, 0.15) is 22.3 Å². The summed E-state index contributed by atoms with van der Waals surface area (Å²) in [5, 5.41) is 2.11. The van der Waals surface area contributed by atoms with Gasteiger partial charge in [-0.2, -0.15) is 0 Å². The second-order valence-corrected chi connectivity index (χ2v) is 4.51. The van der Waals surface area contributed by atoms with Crippen LogP contribution in [0.15, 0.2) is 36.4 Å². The molecule has 0 unspecified atom stereocenters. The summed E-state index contributed by atoms with van der Waals surface area (Å²) in [5.74, 6) is 0. The first-order valence-corrected chi connectivity index (χ1v) is 5.60. The summed E-state index contributed by atoms with van der Waals surface area (Å²) in [5.41, 5.74) is 5.73. The molecule has 2 aromatic carbocycles. The van der Waals surface area contributed by atoms with Gasteiger partial charge in [0.15, 0.2) is 0 Å². The lowest BCUT2D eigenvalue weighted by molar-refractivity contribution is 0.995. The summed E-state index contributed by atoms with van der Waals surface area (Å²) in [7, 11) is 0. The van der Waals surface area contributed by atoms with Gasteiger partial charge in [-0.3, -0.25) is 0 Å². The van der Waals surface area contributed by atoms with Crippen molar-refractivity contribution in [2.24, 2.45) is 0 Å². The third-order valence-corrected chi connectivity index (χ3v) is 3.40. The van der Waals surface area contributed by atoms with Gasteiger partial charge in [0.05, 0.1) is 0 Å². The van der Waals surface area contributed by atoms with Crippen LogP contribution in [-0.2, 0) is 12.8 Å². The minimum Gasteiger partial charge on any atom is -0.0912 e. The number of rotatable bonds is 0. The highest BCUT2D eigenvalue weighted by molar-refractivity contribution is 5.45. The summed E-state index contributed by atoms with van der Waals surface area (Å²) in [6, 6.07) is 13.1. The first-order valence-electron chi connectivity index (χ1n) is 5.60. The van der Waals surface area contributed by atoms with Gasteiger partial charge >= 0.3 is 0 Å². The molecule has 0 saturated heterocycles. The Morgan fingerprint density at radius 1 is 0.688 bits per heavy atom. The third-order valence-electron chi connectivity index (χ3n) is 3.40. The van der Waals surface area contributed by atoms with Gasteiger partial charge in [-0.05, 0) is 45.5 Å². The van der Waals surface area contributed by atoms with Gasteiger partial charge in [0.25, 0.3) is 0 Å². The first kappa shape index (κ1) is 9.41. The Morgan fingerprint density at radius 2 is 1.12 bits per heavy atom. The van der Waals surface area contributed by atoms with Crippen molar-refractivity contribution in [1.29, 1.82) is 0 Å². The lowest BCUT2D eigenvalue weighted by Crippen LogP contribution is -2.25. The quantitative estimate of drug-likeness (QED) is 0.528. The van der Waals surface area contributed by atoms with Gasteiger partial charge < -0.3 is 0 Å². The number of hydrogen-bond donors (Lipinski definition) is 0. The maximum atomic E-state index is 4.02. The molecule has 16 heavy (non-hydrogen) atoms. The highest BCUT2D eigenvalue weighted by atomic mass is 14.2. The fourth-order valence-corrected chi connectivity index (χ4v) is 2.43. The maximum absolute atomic E-state index is 4.02. The van der Waals surface area contributed by atoms with E-state index in [1.807, 2.05) is 0 Å². The van der Waals surface area contributed by atoms with Crippen LogP contribution in [-0.4, -0.2) is 0 Å². The number of fused-ring (bicyclic) bond motifs is 2. The van der Waals surface area contributed by atoms with Crippen LogP contribution in [0.3, 0.4) is 0 Å². The molecule has 0 amide bonds. The first-order chi connectivity index (χ1) is 7.74. The molecule has 0 heteroatoms. The molecule has 0 aliphatic heterocycles. The molecule has 2 aromatic rings. The predicted octanol–water partition coefficient (Wildman–Crippen LogP) is 2.00. The van der Waals surface area contributed by atoms with Crippen molar-refractivity contribution < 1.29 is 0 Å². The van der Waals surface area contributed by atoms with Gasteiger partial charge in [-0.25, -0.2) is 0 Å². The molecule has 0 saturated carbocycles. The monoisotopic (exact) mass is 206 g/mol. The predicted molar refractivity (Wildman–Crippen MR) is 68.8 cm³/mol. The van der Waals surface area contributed by atoms with E-state index in [-0.39, 0.29) is 0 Å². The van der Waals surface area contributed by atoms with Crippen LogP contribution < -0.4 is 10.4 Å². The Morgan fingerprint density at radius 3 is 1.56 bits per heavy atom. The van der Waals surface area contributed by atoms with Gasteiger partial charge in [-0.1, -0.05) is 49.6 Å². The van der Waals surface area contributed by atoms with Crippen LogP contribution in [0.5, 0.6) is 0 Å². The minimum absolute atomic E-state index is 1.04. The van der Waals surface area contributed by atoms with Crippen LogP contribution >= 0.6 is 0 Å². The molecule has 0 fully saturated rings. The van der Waals surface area contributed by atoms with Crippen molar-refractivity contribution in [3.63, 3.8) is 0 Å². The van der Waals surface area contributed by atoms with E-state index >= 15 is 0 Å². The molecule has 78 valence electrons. The average Bonchev–Trinajstić information content (AvgIpc) is 2.28. The molecule has 0 spiro atoms. The van der Waals surface area contributed by atoms with Crippen LogP contribution in [0.2, 0.25) is 0 Å². The van der Waals surface area contributed by atoms with Gasteiger partial charge in [0.1, 0.15) is 0 Å². The van der Waals surface area contributed by atoms with E-state index in [9.17, 15) is 0 Å². The van der Waals surface area contributed by atoms with E-state index < -0.39 is 0 Å². The van der Waals surface area contributed by atoms with E-state index in [1.165, 1.54) is 22.3 Å². The van der Waals surface area contributed by atoms with Crippen molar-refractivity contribution in [3.8, 4) is 0 Å². The minimum atomic E-state index is 1.04. The molecule has 0 aromatic heterocycles.